The van der Waals surface area contributed by atoms with Crippen molar-refractivity contribution in [1.82, 2.24) is 10.2 Å². The van der Waals surface area contributed by atoms with E-state index >= 15 is 0 Å². The second-order valence-corrected chi connectivity index (χ2v) is 5.73. The first kappa shape index (κ1) is 15.7. The van der Waals surface area contributed by atoms with E-state index in [9.17, 15) is 9.59 Å². The normalized spacial score (nSPS) is 20.1. The predicted molar refractivity (Wildman–Crippen MR) is 82.8 cm³/mol. The Balaban J connectivity index is 1.81. The van der Waals surface area contributed by atoms with Gasteiger partial charge in [0.1, 0.15) is 0 Å². The van der Waals surface area contributed by atoms with E-state index in [0.717, 1.165) is 19.3 Å². The highest BCUT2D eigenvalue weighted by molar-refractivity contribution is 6.05. The van der Waals surface area contributed by atoms with Crippen LogP contribution >= 0.6 is 0 Å². The Morgan fingerprint density at radius 2 is 2.00 bits per heavy atom. The van der Waals surface area contributed by atoms with Gasteiger partial charge in [0.25, 0.3) is 0 Å². The van der Waals surface area contributed by atoms with Crippen LogP contribution in [0.15, 0.2) is 30.3 Å². The van der Waals surface area contributed by atoms with Crippen LogP contribution in [0.3, 0.4) is 0 Å². The number of hydrogen-bond acceptors (Lipinski definition) is 3. The average molecular weight is 288 g/mol. The van der Waals surface area contributed by atoms with Crippen molar-refractivity contribution in [2.24, 2.45) is 0 Å². The number of amides is 2. The third kappa shape index (κ3) is 4.14. The molecular formula is C17H24N2O2. The minimum absolute atomic E-state index is 0.0467. The molecule has 0 saturated carbocycles. The number of rotatable bonds is 7. The monoisotopic (exact) mass is 288 g/mol. The number of aryl methyl sites for hydroxylation is 1. The average Bonchev–Trinajstić information content (AvgIpc) is 2.74. The van der Waals surface area contributed by atoms with E-state index in [1.807, 2.05) is 25.1 Å². The van der Waals surface area contributed by atoms with E-state index in [4.69, 9.17) is 0 Å². The van der Waals surface area contributed by atoms with E-state index in [1.165, 1.54) is 10.5 Å². The largest absolute Gasteiger partial charge is 0.303 e. The topological polar surface area (TPSA) is 49.4 Å². The fourth-order valence-electron chi connectivity index (χ4n) is 2.73. The summed E-state index contributed by atoms with van der Waals surface area (Å²) in [4.78, 5) is 25.4. The standard InChI is InChI=1S/C17H24N2O2/c1-3-11-19-16(20)12-15(17(19)21)18-13(2)9-10-14-7-5-4-6-8-14/h4-8,13,15,18H,3,9-12H2,1-2H3. The summed E-state index contributed by atoms with van der Waals surface area (Å²) in [6.45, 7) is 4.58. The lowest BCUT2D eigenvalue weighted by Gasteiger charge is -2.19. The van der Waals surface area contributed by atoms with Crippen LogP contribution in [0.4, 0.5) is 0 Å². The summed E-state index contributed by atoms with van der Waals surface area (Å²) in [5.74, 6) is -0.108. The number of carbonyl (C=O) groups is 2. The summed E-state index contributed by atoms with van der Waals surface area (Å²) in [5, 5.41) is 3.31. The first-order valence-electron chi connectivity index (χ1n) is 7.76. The van der Waals surface area contributed by atoms with E-state index in [2.05, 4.69) is 24.4 Å². The molecule has 21 heavy (non-hydrogen) atoms. The Kier molecular flexibility index (Phi) is 5.51. The smallest absolute Gasteiger partial charge is 0.246 e. The van der Waals surface area contributed by atoms with Crippen LogP contribution in [0.2, 0.25) is 0 Å². The maximum absolute atomic E-state index is 12.2. The molecule has 4 nitrogen and oxygen atoms in total. The fraction of sp³-hybridized carbons (Fsp3) is 0.529. The second kappa shape index (κ2) is 7.36. The van der Waals surface area contributed by atoms with Gasteiger partial charge in [-0.05, 0) is 31.7 Å². The zero-order chi connectivity index (χ0) is 15.2. The first-order valence-corrected chi connectivity index (χ1v) is 7.76. The summed E-state index contributed by atoms with van der Waals surface area (Å²) < 4.78 is 0. The van der Waals surface area contributed by atoms with Crippen molar-refractivity contribution >= 4 is 11.8 Å². The van der Waals surface area contributed by atoms with Crippen LogP contribution in [-0.4, -0.2) is 35.3 Å². The number of likely N-dealkylation sites (tertiary alicyclic amines) is 1. The van der Waals surface area contributed by atoms with Gasteiger partial charge in [-0.25, -0.2) is 0 Å². The molecular weight excluding hydrogens is 264 g/mol. The van der Waals surface area contributed by atoms with E-state index in [-0.39, 0.29) is 23.9 Å². The summed E-state index contributed by atoms with van der Waals surface area (Å²) in [6.07, 6.45) is 3.04. The second-order valence-electron chi connectivity index (χ2n) is 5.73. The molecule has 1 aromatic carbocycles. The van der Waals surface area contributed by atoms with Gasteiger partial charge in [0.05, 0.1) is 12.5 Å². The van der Waals surface area contributed by atoms with Crippen LogP contribution in [-0.2, 0) is 16.0 Å². The molecule has 114 valence electrons. The van der Waals surface area contributed by atoms with Gasteiger partial charge < -0.3 is 5.32 Å². The summed E-state index contributed by atoms with van der Waals surface area (Å²) >= 11 is 0. The Morgan fingerprint density at radius 1 is 1.29 bits per heavy atom. The van der Waals surface area contributed by atoms with Crippen LogP contribution < -0.4 is 5.32 Å². The number of imide groups is 1. The lowest BCUT2D eigenvalue weighted by Crippen LogP contribution is -2.43. The highest BCUT2D eigenvalue weighted by atomic mass is 16.2. The Morgan fingerprint density at radius 3 is 2.67 bits per heavy atom. The van der Waals surface area contributed by atoms with Crippen molar-refractivity contribution in [3.05, 3.63) is 35.9 Å². The number of nitrogens with one attached hydrogen (secondary N) is 1. The van der Waals surface area contributed by atoms with Gasteiger partial charge in [-0.2, -0.15) is 0 Å². The Labute approximate surface area is 126 Å². The van der Waals surface area contributed by atoms with Crippen molar-refractivity contribution in [2.75, 3.05) is 6.54 Å². The predicted octanol–water partition coefficient (Wildman–Crippen LogP) is 2.13. The molecule has 0 bridgehead atoms. The van der Waals surface area contributed by atoms with Crippen molar-refractivity contribution in [2.45, 2.75) is 51.6 Å². The molecule has 1 N–H and O–H groups in total. The molecule has 2 amide bonds. The van der Waals surface area contributed by atoms with Crippen molar-refractivity contribution in [3.8, 4) is 0 Å². The quantitative estimate of drug-likeness (QED) is 0.782. The molecule has 1 heterocycles. The van der Waals surface area contributed by atoms with E-state index in [1.54, 1.807) is 0 Å². The van der Waals surface area contributed by atoms with Gasteiger partial charge in [-0.3, -0.25) is 14.5 Å². The fourth-order valence-corrected chi connectivity index (χ4v) is 2.73. The Hall–Kier alpha value is -1.68. The summed E-state index contributed by atoms with van der Waals surface area (Å²) in [5.41, 5.74) is 1.30. The number of carbonyl (C=O) groups excluding carboxylic acids is 2. The van der Waals surface area contributed by atoms with Gasteiger partial charge in [-0.15, -0.1) is 0 Å². The molecule has 1 fully saturated rings. The Bertz CT molecular complexity index is 487. The van der Waals surface area contributed by atoms with E-state index in [0.29, 0.717) is 13.0 Å². The minimum Gasteiger partial charge on any atom is -0.303 e. The van der Waals surface area contributed by atoms with Crippen molar-refractivity contribution in [3.63, 3.8) is 0 Å². The molecule has 2 rings (SSSR count). The van der Waals surface area contributed by atoms with Gasteiger partial charge in [0.15, 0.2) is 0 Å². The summed E-state index contributed by atoms with van der Waals surface area (Å²) in [6, 6.07) is 10.2. The molecule has 2 atom stereocenters. The van der Waals surface area contributed by atoms with Gasteiger partial charge in [0.2, 0.25) is 11.8 Å². The SMILES string of the molecule is CCCN1C(=O)CC(NC(C)CCc2ccccc2)C1=O. The number of nitrogens with zero attached hydrogens (tertiary/aromatic N) is 1. The molecule has 4 heteroatoms. The third-order valence-corrected chi connectivity index (χ3v) is 3.89. The zero-order valence-corrected chi connectivity index (χ0v) is 12.8. The van der Waals surface area contributed by atoms with Crippen LogP contribution in [0.25, 0.3) is 0 Å². The maximum atomic E-state index is 12.2. The molecule has 1 aliphatic heterocycles. The molecule has 1 aliphatic rings. The molecule has 2 unspecified atom stereocenters. The van der Waals surface area contributed by atoms with Crippen molar-refractivity contribution in [1.29, 1.82) is 0 Å². The lowest BCUT2D eigenvalue weighted by atomic mass is 10.1. The van der Waals surface area contributed by atoms with Gasteiger partial charge in [-0.1, -0.05) is 37.3 Å². The highest BCUT2D eigenvalue weighted by Crippen LogP contribution is 2.15. The third-order valence-electron chi connectivity index (χ3n) is 3.89. The molecule has 0 spiro atoms. The first-order chi connectivity index (χ1) is 10.1. The minimum atomic E-state index is -0.338. The molecule has 0 aliphatic carbocycles. The van der Waals surface area contributed by atoms with Crippen LogP contribution in [0.1, 0.15) is 38.7 Å². The molecule has 1 aromatic rings. The summed E-state index contributed by atoms with van der Waals surface area (Å²) in [7, 11) is 0. The zero-order valence-electron chi connectivity index (χ0n) is 12.8. The van der Waals surface area contributed by atoms with Crippen LogP contribution in [0, 0.1) is 0 Å². The van der Waals surface area contributed by atoms with Gasteiger partial charge in [0, 0.05) is 12.6 Å². The van der Waals surface area contributed by atoms with Gasteiger partial charge >= 0.3 is 0 Å². The van der Waals surface area contributed by atoms with E-state index < -0.39 is 0 Å². The molecule has 0 aromatic heterocycles. The van der Waals surface area contributed by atoms with Crippen molar-refractivity contribution < 1.29 is 9.59 Å². The highest BCUT2D eigenvalue weighted by Gasteiger charge is 2.38. The van der Waals surface area contributed by atoms with Crippen LogP contribution in [0.5, 0.6) is 0 Å². The number of hydrogen-bond donors (Lipinski definition) is 1. The maximum Gasteiger partial charge on any atom is 0.246 e. The lowest BCUT2D eigenvalue weighted by molar-refractivity contribution is -0.138. The number of benzene rings is 1. The molecule has 0 radical (unpaired) electrons. The molecule has 1 saturated heterocycles.